The quantitative estimate of drug-likeness (QED) is 0.620. The molecule has 0 spiro atoms. The molecule has 0 aromatic heterocycles. The third-order valence-electron chi connectivity index (χ3n) is 6.90. The molecule has 1 N–H and O–H groups in total. The van der Waals surface area contributed by atoms with E-state index < -0.39 is 0 Å². The van der Waals surface area contributed by atoms with Crippen LogP contribution in [0.5, 0.6) is 0 Å². The van der Waals surface area contributed by atoms with Crippen molar-refractivity contribution < 1.29 is 14.4 Å². The zero-order valence-electron chi connectivity index (χ0n) is 19.6. The maximum Gasteiger partial charge on any atom is 0.261 e. The van der Waals surface area contributed by atoms with Crippen LogP contribution in [-0.2, 0) is 17.9 Å². The number of benzene rings is 2. The molecule has 0 bridgehead atoms. The first-order chi connectivity index (χ1) is 15.9. The Morgan fingerprint density at radius 2 is 1.70 bits per heavy atom. The van der Waals surface area contributed by atoms with Gasteiger partial charge in [-0.15, -0.1) is 0 Å². The predicted octanol–water partition coefficient (Wildman–Crippen LogP) is 4.06. The van der Waals surface area contributed by atoms with Crippen molar-refractivity contribution in [1.82, 2.24) is 15.1 Å². The third-order valence-corrected chi connectivity index (χ3v) is 6.90. The highest BCUT2D eigenvalue weighted by atomic mass is 16.2. The van der Waals surface area contributed by atoms with E-state index in [4.69, 9.17) is 0 Å². The molecule has 0 radical (unpaired) electrons. The number of nitrogens with zero attached hydrogens (tertiary/aromatic N) is 2. The first-order valence-corrected chi connectivity index (χ1v) is 11.9. The fourth-order valence-electron chi connectivity index (χ4n) is 4.91. The van der Waals surface area contributed by atoms with E-state index in [0.29, 0.717) is 23.7 Å². The zero-order chi connectivity index (χ0) is 23.4. The normalized spacial score (nSPS) is 16.4. The number of imide groups is 1. The summed E-state index contributed by atoms with van der Waals surface area (Å²) in [4.78, 5) is 41.3. The van der Waals surface area contributed by atoms with Gasteiger partial charge in [-0.25, -0.2) is 0 Å². The van der Waals surface area contributed by atoms with E-state index in [2.05, 4.69) is 29.4 Å². The maximum absolute atomic E-state index is 12.6. The minimum Gasteiger partial charge on any atom is -0.352 e. The average molecular weight is 448 g/mol. The van der Waals surface area contributed by atoms with Crippen LogP contribution >= 0.6 is 0 Å². The van der Waals surface area contributed by atoms with E-state index >= 15 is 0 Å². The van der Waals surface area contributed by atoms with Gasteiger partial charge in [-0.2, -0.15) is 0 Å². The number of nitrogens with one attached hydrogen (secondary N) is 1. The molecule has 1 fully saturated rings. The van der Waals surface area contributed by atoms with Gasteiger partial charge in [0.15, 0.2) is 0 Å². The van der Waals surface area contributed by atoms with Gasteiger partial charge < -0.3 is 5.32 Å². The second-order valence-corrected chi connectivity index (χ2v) is 9.31. The number of amides is 3. The van der Waals surface area contributed by atoms with E-state index in [-0.39, 0.29) is 30.7 Å². The van der Waals surface area contributed by atoms with Crippen molar-refractivity contribution >= 4 is 17.7 Å². The van der Waals surface area contributed by atoms with Gasteiger partial charge in [0.05, 0.1) is 11.1 Å². The lowest BCUT2D eigenvalue weighted by Crippen LogP contribution is -2.35. The fraction of sp³-hybridized carbons (Fsp3) is 0.444. The molecule has 1 heterocycles. The minimum atomic E-state index is -0.320. The molecular weight excluding hydrogens is 414 g/mol. The SMILES string of the molecule is Cc1ccc2c(c1)C(=O)N(CCC(=O)NCc1ccccc1CN(C)C1CCCCC1)C2=O. The van der Waals surface area contributed by atoms with E-state index in [1.165, 1.54) is 42.6 Å². The lowest BCUT2D eigenvalue weighted by atomic mass is 9.94. The Morgan fingerprint density at radius 1 is 1.00 bits per heavy atom. The van der Waals surface area contributed by atoms with E-state index in [1.807, 2.05) is 25.1 Å². The molecule has 33 heavy (non-hydrogen) atoms. The molecule has 2 aromatic rings. The molecule has 2 aliphatic rings. The molecular formula is C27H33N3O3. The molecule has 0 atom stereocenters. The number of hydrogen-bond acceptors (Lipinski definition) is 4. The van der Waals surface area contributed by atoms with Crippen LogP contribution in [0.15, 0.2) is 42.5 Å². The molecule has 1 saturated carbocycles. The number of carbonyl (C=O) groups is 3. The Morgan fingerprint density at radius 3 is 2.45 bits per heavy atom. The van der Waals surface area contributed by atoms with E-state index in [0.717, 1.165) is 17.7 Å². The van der Waals surface area contributed by atoms with Gasteiger partial charge in [0.2, 0.25) is 5.91 Å². The van der Waals surface area contributed by atoms with Crippen molar-refractivity contribution in [3.8, 4) is 0 Å². The topological polar surface area (TPSA) is 69.7 Å². The second-order valence-electron chi connectivity index (χ2n) is 9.31. The molecule has 3 amide bonds. The largest absolute Gasteiger partial charge is 0.352 e. The van der Waals surface area contributed by atoms with Gasteiger partial charge in [-0.1, -0.05) is 55.2 Å². The molecule has 2 aromatic carbocycles. The minimum absolute atomic E-state index is 0.0866. The van der Waals surface area contributed by atoms with Crippen molar-refractivity contribution in [3.05, 3.63) is 70.3 Å². The highest BCUT2D eigenvalue weighted by molar-refractivity contribution is 6.21. The Labute approximate surface area is 196 Å². The van der Waals surface area contributed by atoms with Gasteiger partial charge in [-0.05, 0) is 50.1 Å². The van der Waals surface area contributed by atoms with Gasteiger partial charge in [0.25, 0.3) is 11.8 Å². The van der Waals surface area contributed by atoms with Crippen LogP contribution in [0.1, 0.15) is 75.9 Å². The Kier molecular flexibility index (Phi) is 7.23. The Bertz CT molecular complexity index is 1040. The number of rotatable bonds is 8. The summed E-state index contributed by atoms with van der Waals surface area (Å²) in [6, 6.07) is 14.1. The smallest absolute Gasteiger partial charge is 0.261 e. The Hall–Kier alpha value is -2.99. The van der Waals surface area contributed by atoms with Crippen LogP contribution in [0.3, 0.4) is 0 Å². The number of hydrogen-bond donors (Lipinski definition) is 1. The molecule has 0 saturated heterocycles. The van der Waals surface area contributed by atoms with Crippen LogP contribution in [-0.4, -0.2) is 47.2 Å². The predicted molar refractivity (Wildman–Crippen MR) is 128 cm³/mol. The van der Waals surface area contributed by atoms with E-state index in [9.17, 15) is 14.4 Å². The summed E-state index contributed by atoms with van der Waals surface area (Å²) in [6.07, 6.45) is 6.56. The second kappa shape index (κ2) is 10.3. The van der Waals surface area contributed by atoms with Gasteiger partial charge >= 0.3 is 0 Å². The number of fused-ring (bicyclic) bond motifs is 1. The molecule has 1 aliphatic carbocycles. The van der Waals surface area contributed by atoms with Crippen LogP contribution in [0, 0.1) is 6.92 Å². The standard InChI is InChI=1S/C27H33N3O3/c1-19-12-13-23-24(16-19)27(33)30(26(23)32)15-14-25(31)28-17-20-8-6-7-9-21(20)18-29(2)22-10-4-3-5-11-22/h6-9,12-13,16,22H,3-5,10-11,14-15,17-18H2,1-2H3,(H,28,31). The maximum atomic E-state index is 12.6. The molecule has 4 rings (SSSR count). The molecule has 1 aliphatic heterocycles. The average Bonchev–Trinajstić information content (AvgIpc) is 3.06. The van der Waals surface area contributed by atoms with Gasteiger partial charge in [0.1, 0.15) is 0 Å². The summed E-state index contributed by atoms with van der Waals surface area (Å²) in [5.41, 5.74) is 4.10. The summed E-state index contributed by atoms with van der Waals surface area (Å²) < 4.78 is 0. The monoisotopic (exact) mass is 447 g/mol. The molecule has 174 valence electrons. The highest BCUT2D eigenvalue weighted by Gasteiger charge is 2.35. The summed E-state index contributed by atoms with van der Waals surface area (Å²) in [5.74, 6) is -0.806. The van der Waals surface area contributed by atoms with Crippen LogP contribution in [0.4, 0.5) is 0 Å². The van der Waals surface area contributed by atoms with Crippen molar-refractivity contribution in [2.75, 3.05) is 13.6 Å². The molecule has 6 nitrogen and oxygen atoms in total. The lowest BCUT2D eigenvalue weighted by molar-refractivity contribution is -0.121. The van der Waals surface area contributed by atoms with Gasteiger partial charge in [0, 0.05) is 32.1 Å². The van der Waals surface area contributed by atoms with Crippen LogP contribution in [0.2, 0.25) is 0 Å². The molecule has 6 heteroatoms. The summed E-state index contributed by atoms with van der Waals surface area (Å²) in [7, 11) is 2.19. The Balaban J connectivity index is 1.30. The lowest BCUT2D eigenvalue weighted by Gasteiger charge is -2.31. The van der Waals surface area contributed by atoms with E-state index in [1.54, 1.807) is 12.1 Å². The number of aryl methyl sites for hydroxylation is 1. The third kappa shape index (κ3) is 5.33. The van der Waals surface area contributed by atoms with Crippen molar-refractivity contribution in [2.24, 2.45) is 0 Å². The summed E-state index contributed by atoms with van der Waals surface area (Å²) in [5, 5.41) is 2.97. The summed E-state index contributed by atoms with van der Waals surface area (Å²) >= 11 is 0. The molecule has 0 unspecified atom stereocenters. The van der Waals surface area contributed by atoms with Crippen LogP contribution < -0.4 is 5.32 Å². The van der Waals surface area contributed by atoms with Gasteiger partial charge in [-0.3, -0.25) is 24.2 Å². The first-order valence-electron chi connectivity index (χ1n) is 11.9. The first kappa shape index (κ1) is 23.2. The zero-order valence-corrected chi connectivity index (χ0v) is 19.6. The van der Waals surface area contributed by atoms with Crippen molar-refractivity contribution in [3.63, 3.8) is 0 Å². The summed E-state index contributed by atoms with van der Waals surface area (Å²) in [6.45, 7) is 3.28. The van der Waals surface area contributed by atoms with Crippen LogP contribution in [0.25, 0.3) is 0 Å². The van der Waals surface area contributed by atoms with Crippen molar-refractivity contribution in [2.45, 2.75) is 64.6 Å². The fourth-order valence-corrected chi connectivity index (χ4v) is 4.91. The highest BCUT2D eigenvalue weighted by Crippen LogP contribution is 2.25. The number of carbonyl (C=O) groups excluding carboxylic acids is 3. The van der Waals surface area contributed by atoms with Crippen molar-refractivity contribution in [1.29, 1.82) is 0 Å².